The molecule has 80 valence electrons. The van der Waals surface area contributed by atoms with E-state index in [0.717, 1.165) is 26.2 Å². The van der Waals surface area contributed by atoms with Gasteiger partial charge in [-0.25, -0.2) is 0 Å². The van der Waals surface area contributed by atoms with E-state index in [9.17, 15) is 4.79 Å². The van der Waals surface area contributed by atoms with Gasteiger partial charge >= 0.3 is 0 Å². The maximum atomic E-state index is 11.3. The molecule has 1 aliphatic rings. The van der Waals surface area contributed by atoms with Crippen LogP contribution in [-0.4, -0.2) is 48.4 Å². The lowest BCUT2D eigenvalue weighted by molar-refractivity contribution is -0.127. The predicted octanol–water partition coefficient (Wildman–Crippen LogP) is 1.12. The quantitative estimate of drug-likeness (QED) is 0.629. The van der Waals surface area contributed by atoms with Crippen molar-refractivity contribution in [3.8, 4) is 0 Å². The summed E-state index contributed by atoms with van der Waals surface area (Å²) in [6.07, 6.45) is 3.91. The summed E-state index contributed by atoms with van der Waals surface area (Å²) in [5.74, 6) is 0.0696. The Balaban J connectivity index is 2.24. The molecule has 0 aliphatic carbocycles. The van der Waals surface area contributed by atoms with Gasteiger partial charge in [-0.1, -0.05) is 19.9 Å². The largest absolute Gasteiger partial charge is 0.337 e. The highest BCUT2D eigenvalue weighted by atomic mass is 16.2. The van der Waals surface area contributed by atoms with Gasteiger partial charge in [-0.3, -0.25) is 9.69 Å². The van der Waals surface area contributed by atoms with Gasteiger partial charge in [0.2, 0.25) is 5.91 Å². The first-order valence-corrected chi connectivity index (χ1v) is 5.41. The topological polar surface area (TPSA) is 23.6 Å². The van der Waals surface area contributed by atoms with Crippen molar-refractivity contribution >= 4 is 5.91 Å². The van der Waals surface area contributed by atoms with Gasteiger partial charge in [-0.15, -0.1) is 0 Å². The first kappa shape index (κ1) is 11.2. The Hall–Kier alpha value is -0.830. The molecule has 0 bridgehead atoms. The third-order valence-corrected chi connectivity index (χ3v) is 2.69. The van der Waals surface area contributed by atoms with Crippen molar-refractivity contribution in [1.82, 2.24) is 9.80 Å². The minimum absolute atomic E-state index is 0.0696. The first-order valence-electron chi connectivity index (χ1n) is 5.41. The average molecular weight is 196 g/mol. The van der Waals surface area contributed by atoms with Crippen LogP contribution in [0.4, 0.5) is 0 Å². The van der Waals surface area contributed by atoms with E-state index < -0.39 is 0 Å². The first-order chi connectivity index (χ1) is 6.77. The molecule has 1 aliphatic heterocycles. The summed E-state index contributed by atoms with van der Waals surface area (Å²) in [6.45, 7) is 10.6. The molecule has 1 amide bonds. The Bertz CT molecular complexity index is 195. The zero-order valence-corrected chi connectivity index (χ0v) is 9.04. The second-order valence-electron chi connectivity index (χ2n) is 3.72. The van der Waals surface area contributed by atoms with E-state index in [2.05, 4.69) is 18.4 Å². The van der Waals surface area contributed by atoms with E-state index in [1.807, 2.05) is 4.90 Å². The van der Waals surface area contributed by atoms with E-state index in [1.165, 1.54) is 25.5 Å². The Kier molecular flexibility index (Phi) is 4.66. The summed E-state index contributed by atoms with van der Waals surface area (Å²) in [4.78, 5) is 15.6. The molecule has 0 aromatic heterocycles. The zero-order valence-electron chi connectivity index (χ0n) is 9.04. The Morgan fingerprint density at radius 3 is 2.50 bits per heavy atom. The number of carbonyl (C=O) groups is 1. The van der Waals surface area contributed by atoms with E-state index in [1.54, 1.807) is 0 Å². The lowest BCUT2D eigenvalue weighted by atomic mass is 10.2. The molecule has 1 fully saturated rings. The van der Waals surface area contributed by atoms with Gasteiger partial charge < -0.3 is 4.90 Å². The maximum Gasteiger partial charge on any atom is 0.246 e. The molecule has 14 heavy (non-hydrogen) atoms. The van der Waals surface area contributed by atoms with Gasteiger partial charge in [-0.05, 0) is 19.0 Å². The van der Waals surface area contributed by atoms with E-state index >= 15 is 0 Å². The number of amides is 1. The van der Waals surface area contributed by atoms with Crippen molar-refractivity contribution in [2.75, 3.05) is 32.7 Å². The Morgan fingerprint density at radius 2 is 2.00 bits per heavy atom. The smallest absolute Gasteiger partial charge is 0.246 e. The summed E-state index contributed by atoms with van der Waals surface area (Å²) < 4.78 is 0. The van der Waals surface area contributed by atoms with Crippen molar-refractivity contribution in [2.24, 2.45) is 0 Å². The molecular weight excluding hydrogens is 176 g/mol. The van der Waals surface area contributed by atoms with Crippen LogP contribution in [0.2, 0.25) is 0 Å². The minimum atomic E-state index is 0.0696. The van der Waals surface area contributed by atoms with Gasteiger partial charge in [0.25, 0.3) is 0 Å². The second kappa shape index (κ2) is 5.81. The van der Waals surface area contributed by atoms with Crippen molar-refractivity contribution in [2.45, 2.75) is 19.8 Å². The Morgan fingerprint density at radius 1 is 1.36 bits per heavy atom. The molecule has 0 N–H and O–H groups in total. The molecule has 0 aromatic carbocycles. The monoisotopic (exact) mass is 196 g/mol. The summed E-state index contributed by atoms with van der Waals surface area (Å²) in [6, 6.07) is 0. The van der Waals surface area contributed by atoms with Crippen LogP contribution < -0.4 is 0 Å². The van der Waals surface area contributed by atoms with Gasteiger partial charge in [-0.2, -0.15) is 0 Å². The Labute approximate surface area is 86.4 Å². The van der Waals surface area contributed by atoms with E-state index in [0.29, 0.717) is 0 Å². The average Bonchev–Trinajstić information content (AvgIpc) is 2.26. The minimum Gasteiger partial charge on any atom is -0.337 e. The molecule has 0 radical (unpaired) electrons. The highest BCUT2D eigenvalue weighted by Crippen LogP contribution is 2.03. The second-order valence-corrected chi connectivity index (χ2v) is 3.72. The summed E-state index contributed by atoms with van der Waals surface area (Å²) >= 11 is 0. The van der Waals surface area contributed by atoms with Crippen molar-refractivity contribution in [1.29, 1.82) is 0 Å². The van der Waals surface area contributed by atoms with Crippen LogP contribution >= 0.6 is 0 Å². The molecule has 0 atom stereocenters. The number of rotatable bonds is 4. The number of unbranched alkanes of at least 4 members (excludes halogenated alkanes) is 1. The van der Waals surface area contributed by atoms with E-state index in [-0.39, 0.29) is 5.91 Å². The summed E-state index contributed by atoms with van der Waals surface area (Å²) in [5, 5.41) is 0. The van der Waals surface area contributed by atoms with Gasteiger partial charge in [0, 0.05) is 26.2 Å². The third-order valence-electron chi connectivity index (χ3n) is 2.69. The van der Waals surface area contributed by atoms with Crippen LogP contribution in [0.15, 0.2) is 12.7 Å². The normalized spacial score (nSPS) is 18.2. The van der Waals surface area contributed by atoms with Crippen LogP contribution in [0.3, 0.4) is 0 Å². The fourth-order valence-corrected chi connectivity index (χ4v) is 1.70. The fraction of sp³-hybridized carbons (Fsp3) is 0.727. The van der Waals surface area contributed by atoms with Crippen molar-refractivity contribution < 1.29 is 4.79 Å². The molecule has 1 heterocycles. The lowest BCUT2D eigenvalue weighted by Crippen LogP contribution is -2.48. The molecule has 3 nitrogen and oxygen atoms in total. The fourth-order valence-electron chi connectivity index (χ4n) is 1.70. The molecular formula is C11H20N2O. The highest BCUT2D eigenvalue weighted by molar-refractivity contribution is 5.87. The maximum absolute atomic E-state index is 11.3. The SMILES string of the molecule is C=CC(=O)N1CCN(CCCC)CC1. The van der Waals surface area contributed by atoms with Gasteiger partial charge in [0.15, 0.2) is 0 Å². The van der Waals surface area contributed by atoms with Crippen LogP contribution in [0.1, 0.15) is 19.8 Å². The van der Waals surface area contributed by atoms with Crippen LogP contribution in [-0.2, 0) is 4.79 Å². The zero-order chi connectivity index (χ0) is 10.4. The third kappa shape index (κ3) is 3.14. The molecule has 1 saturated heterocycles. The molecule has 1 rings (SSSR count). The molecule has 3 heteroatoms. The number of hydrogen-bond acceptors (Lipinski definition) is 2. The van der Waals surface area contributed by atoms with Gasteiger partial charge in [0.05, 0.1) is 0 Å². The number of piperazine rings is 1. The summed E-state index contributed by atoms with van der Waals surface area (Å²) in [7, 11) is 0. The number of hydrogen-bond donors (Lipinski definition) is 0. The van der Waals surface area contributed by atoms with E-state index in [4.69, 9.17) is 0 Å². The highest BCUT2D eigenvalue weighted by Gasteiger charge is 2.18. The molecule has 0 saturated carbocycles. The number of nitrogens with zero attached hydrogens (tertiary/aromatic N) is 2. The van der Waals surface area contributed by atoms with Crippen LogP contribution in [0, 0.1) is 0 Å². The van der Waals surface area contributed by atoms with Crippen molar-refractivity contribution in [3.63, 3.8) is 0 Å². The van der Waals surface area contributed by atoms with Crippen molar-refractivity contribution in [3.05, 3.63) is 12.7 Å². The summed E-state index contributed by atoms with van der Waals surface area (Å²) in [5.41, 5.74) is 0. The molecule has 0 unspecified atom stereocenters. The lowest BCUT2D eigenvalue weighted by Gasteiger charge is -2.34. The van der Waals surface area contributed by atoms with Crippen LogP contribution in [0.25, 0.3) is 0 Å². The molecule has 0 spiro atoms. The van der Waals surface area contributed by atoms with Crippen LogP contribution in [0.5, 0.6) is 0 Å². The number of carbonyl (C=O) groups excluding carboxylic acids is 1. The molecule has 0 aromatic rings. The standard InChI is InChI=1S/C11H20N2O/c1-3-5-6-12-7-9-13(10-8-12)11(14)4-2/h4H,2-3,5-10H2,1H3. The van der Waals surface area contributed by atoms with Gasteiger partial charge in [0.1, 0.15) is 0 Å². The predicted molar refractivity (Wildman–Crippen MR) is 58.1 cm³/mol.